The molecular formula is C35H41N5O4. The number of nitrogens with one attached hydrogen (secondary N) is 1. The largest absolute Gasteiger partial charge is 0.391 e. The van der Waals surface area contributed by atoms with Gasteiger partial charge >= 0.3 is 0 Å². The fraction of sp³-hybridized carbons (Fsp3) is 0.429. The Kier molecular flexibility index (Phi) is 9.04. The van der Waals surface area contributed by atoms with Crippen molar-refractivity contribution in [2.24, 2.45) is 5.10 Å². The van der Waals surface area contributed by atoms with E-state index in [1.807, 2.05) is 40.3 Å². The van der Waals surface area contributed by atoms with E-state index in [2.05, 4.69) is 47.8 Å². The first-order chi connectivity index (χ1) is 21.5. The van der Waals surface area contributed by atoms with Crippen LogP contribution in [-0.4, -0.2) is 49.7 Å². The topological polar surface area (TPSA) is 110 Å². The number of carbonyl (C=O) groups is 1. The van der Waals surface area contributed by atoms with Crippen molar-refractivity contribution in [2.75, 3.05) is 6.61 Å². The third-order valence-corrected chi connectivity index (χ3v) is 8.95. The smallest absolute Gasteiger partial charge is 0.257 e. The number of aryl methyl sites for hydroxylation is 1. The Labute approximate surface area is 257 Å². The van der Waals surface area contributed by atoms with E-state index in [9.17, 15) is 14.7 Å². The number of hydrogen-bond acceptors (Lipinski definition) is 6. The average Bonchev–Trinajstić information content (AvgIpc) is 3.72. The lowest BCUT2D eigenvalue weighted by atomic mass is 9.91. The van der Waals surface area contributed by atoms with Gasteiger partial charge in [0.25, 0.3) is 5.56 Å². The highest BCUT2D eigenvalue weighted by atomic mass is 16.5. The van der Waals surface area contributed by atoms with Gasteiger partial charge in [0.05, 0.1) is 42.8 Å². The summed E-state index contributed by atoms with van der Waals surface area (Å²) in [6.07, 6.45) is 7.78. The normalized spacial score (nSPS) is 19.2. The summed E-state index contributed by atoms with van der Waals surface area (Å²) in [5.41, 5.74) is 9.81. The van der Waals surface area contributed by atoms with Crippen LogP contribution in [-0.2, 0) is 22.4 Å². The number of aromatic nitrogens is 3. The Morgan fingerprint density at radius 1 is 1.02 bits per heavy atom. The highest BCUT2D eigenvalue weighted by Crippen LogP contribution is 2.32. The number of hydrogen-bond donors (Lipinski definition) is 2. The molecule has 9 nitrogen and oxygen atoms in total. The van der Waals surface area contributed by atoms with Crippen LogP contribution in [0, 0.1) is 0 Å². The van der Waals surface area contributed by atoms with Crippen molar-refractivity contribution in [3.8, 4) is 11.1 Å². The van der Waals surface area contributed by atoms with E-state index in [4.69, 9.17) is 9.84 Å². The molecular weight excluding hydrogens is 554 g/mol. The average molecular weight is 596 g/mol. The molecule has 2 aromatic carbocycles. The Hall–Kier alpha value is -4.08. The number of amides is 1. The third kappa shape index (κ3) is 6.12. The van der Waals surface area contributed by atoms with E-state index >= 15 is 0 Å². The van der Waals surface area contributed by atoms with Crippen LogP contribution >= 0.6 is 0 Å². The molecule has 2 N–H and O–H groups in total. The van der Waals surface area contributed by atoms with Gasteiger partial charge < -0.3 is 9.84 Å². The standard InChI is InChI=1S/C35H41N5O4/c1-3-8-32-30(20-23-11-16-28(24-9-6-5-7-10-24)29(19-23)31-21-33(42)38-37-31)35(43)39(34-17-18-36-40(32)34)25-12-14-27(15-13-25)44-22-26(41)4-2/h5-7,9-11,16-19,25-27,41H,3-4,8,12-15,20-22H2,1-2H3,(H,38,42). The predicted octanol–water partition coefficient (Wildman–Crippen LogP) is 5.20. The van der Waals surface area contributed by atoms with Gasteiger partial charge in [0.2, 0.25) is 5.91 Å². The summed E-state index contributed by atoms with van der Waals surface area (Å²) in [5, 5.41) is 19.0. The second kappa shape index (κ2) is 13.3. The first kappa shape index (κ1) is 30.0. The Morgan fingerprint density at radius 2 is 1.82 bits per heavy atom. The summed E-state index contributed by atoms with van der Waals surface area (Å²) in [6, 6.07) is 18.3. The molecule has 1 aliphatic carbocycles. The molecule has 44 heavy (non-hydrogen) atoms. The van der Waals surface area contributed by atoms with Crippen molar-refractivity contribution in [3.63, 3.8) is 0 Å². The molecule has 1 atom stereocenters. The molecule has 2 aromatic heterocycles. The highest BCUT2D eigenvalue weighted by molar-refractivity contribution is 6.16. The number of hydrazone groups is 1. The van der Waals surface area contributed by atoms with Crippen molar-refractivity contribution < 1.29 is 14.6 Å². The predicted molar refractivity (Wildman–Crippen MR) is 171 cm³/mol. The summed E-state index contributed by atoms with van der Waals surface area (Å²) < 4.78 is 9.91. The number of benzene rings is 2. The second-order valence-electron chi connectivity index (χ2n) is 12.0. The van der Waals surface area contributed by atoms with E-state index < -0.39 is 6.10 Å². The number of aliphatic hydroxyl groups is 1. The number of aliphatic hydroxyl groups excluding tert-OH is 1. The van der Waals surface area contributed by atoms with Gasteiger partial charge in [0.15, 0.2) is 0 Å². The molecule has 3 heterocycles. The molecule has 4 aromatic rings. The first-order valence-corrected chi connectivity index (χ1v) is 15.9. The van der Waals surface area contributed by atoms with Crippen LogP contribution < -0.4 is 11.0 Å². The maximum absolute atomic E-state index is 14.5. The summed E-state index contributed by atoms with van der Waals surface area (Å²) >= 11 is 0. The van der Waals surface area contributed by atoms with Crippen molar-refractivity contribution in [3.05, 3.63) is 93.5 Å². The van der Waals surface area contributed by atoms with E-state index in [-0.39, 0.29) is 30.0 Å². The number of carbonyl (C=O) groups excluding carboxylic acids is 1. The molecule has 0 spiro atoms. The van der Waals surface area contributed by atoms with Crippen LogP contribution in [0.4, 0.5) is 0 Å². The molecule has 1 amide bonds. The van der Waals surface area contributed by atoms with Gasteiger partial charge in [-0.2, -0.15) is 10.2 Å². The Balaban J connectivity index is 1.37. The maximum Gasteiger partial charge on any atom is 0.257 e. The summed E-state index contributed by atoms with van der Waals surface area (Å²) in [6.45, 7) is 4.43. The van der Waals surface area contributed by atoms with Crippen LogP contribution in [0.2, 0.25) is 0 Å². The molecule has 1 aliphatic heterocycles. The van der Waals surface area contributed by atoms with E-state index in [0.29, 0.717) is 25.2 Å². The lowest BCUT2D eigenvalue weighted by molar-refractivity contribution is -0.119. The van der Waals surface area contributed by atoms with Crippen LogP contribution in [0.3, 0.4) is 0 Å². The summed E-state index contributed by atoms with van der Waals surface area (Å²) in [4.78, 5) is 26.6. The van der Waals surface area contributed by atoms with E-state index in [1.54, 1.807) is 6.20 Å². The van der Waals surface area contributed by atoms with Gasteiger partial charge in [0, 0.05) is 29.7 Å². The number of rotatable bonds is 11. The van der Waals surface area contributed by atoms with Gasteiger partial charge in [-0.05, 0) is 61.3 Å². The van der Waals surface area contributed by atoms with Crippen molar-refractivity contribution in [1.82, 2.24) is 19.6 Å². The molecule has 230 valence electrons. The minimum Gasteiger partial charge on any atom is -0.391 e. The summed E-state index contributed by atoms with van der Waals surface area (Å²) in [7, 11) is 0. The Morgan fingerprint density at radius 3 is 2.52 bits per heavy atom. The van der Waals surface area contributed by atoms with Crippen LogP contribution in [0.15, 0.2) is 70.7 Å². The van der Waals surface area contributed by atoms with Crippen molar-refractivity contribution >= 4 is 17.3 Å². The fourth-order valence-corrected chi connectivity index (χ4v) is 6.58. The maximum atomic E-state index is 14.5. The van der Waals surface area contributed by atoms with Crippen molar-refractivity contribution in [2.45, 2.75) is 89.9 Å². The molecule has 1 fully saturated rings. The molecule has 2 aliphatic rings. The Bertz CT molecular complexity index is 1720. The lowest BCUT2D eigenvalue weighted by Gasteiger charge is -2.31. The van der Waals surface area contributed by atoms with Gasteiger partial charge in [-0.1, -0.05) is 62.7 Å². The molecule has 0 radical (unpaired) electrons. The van der Waals surface area contributed by atoms with E-state index in [0.717, 1.165) is 77.7 Å². The minimum absolute atomic E-state index is 0.0379. The van der Waals surface area contributed by atoms with Gasteiger partial charge in [-0.3, -0.25) is 14.2 Å². The molecule has 0 bridgehead atoms. The second-order valence-corrected chi connectivity index (χ2v) is 12.0. The number of nitrogens with zero attached hydrogens (tertiary/aromatic N) is 4. The molecule has 6 rings (SSSR count). The molecule has 1 saturated carbocycles. The van der Waals surface area contributed by atoms with Crippen molar-refractivity contribution in [1.29, 1.82) is 0 Å². The fourth-order valence-electron chi connectivity index (χ4n) is 6.58. The molecule has 9 heteroatoms. The van der Waals surface area contributed by atoms with Crippen LogP contribution in [0.5, 0.6) is 0 Å². The first-order valence-electron chi connectivity index (χ1n) is 15.9. The number of ether oxygens (including phenoxy) is 1. The zero-order valence-electron chi connectivity index (χ0n) is 25.5. The third-order valence-electron chi connectivity index (χ3n) is 8.95. The van der Waals surface area contributed by atoms with Crippen LogP contribution in [0.1, 0.15) is 87.2 Å². The SMILES string of the molecule is CCCc1c(Cc2ccc(-c3ccccc3)c(C3=NNC(=O)C3)c2)c(=O)n(C2CCC(OCC(O)CC)CC2)c2ccnn12. The summed E-state index contributed by atoms with van der Waals surface area (Å²) in [5.74, 6) is -0.122. The zero-order valence-corrected chi connectivity index (χ0v) is 25.5. The lowest BCUT2D eigenvalue weighted by Crippen LogP contribution is -2.35. The molecule has 1 unspecified atom stereocenters. The van der Waals surface area contributed by atoms with E-state index in [1.165, 1.54) is 0 Å². The van der Waals surface area contributed by atoms with Gasteiger partial charge in [-0.25, -0.2) is 9.94 Å². The monoisotopic (exact) mass is 595 g/mol. The minimum atomic E-state index is -0.435. The zero-order chi connectivity index (χ0) is 30.6. The van der Waals surface area contributed by atoms with Gasteiger partial charge in [0.1, 0.15) is 5.65 Å². The number of fused-ring (bicyclic) bond motifs is 1. The highest BCUT2D eigenvalue weighted by Gasteiger charge is 2.28. The van der Waals surface area contributed by atoms with Crippen LogP contribution in [0.25, 0.3) is 16.8 Å². The van der Waals surface area contributed by atoms with Gasteiger partial charge in [-0.15, -0.1) is 0 Å². The molecule has 0 saturated heterocycles. The quantitative estimate of drug-likeness (QED) is 0.248.